The van der Waals surface area contributed by atoms with Crippen molar-refractivity contribution in [3.05, 3.63) is 46.2 Å². The molecule has 0 saturated carbocycles. The minimum absolute atomic E-state index is 0.192. The predicted molar refractivity (Wildman–Crippen MR) is 85.6 cm³/mol. The van der Waals surface area contributed by atoms with E-state index in [-0.39, 0.29) is 5.82 Å². The van der Waals surface area contributed by atoms with Crippen molar-refractivity contribution in [3.63, 3.8) is 0 Å². The van der Waals surface area contributed by atoms with Gasteiger partial charge in [-0.05, 0) is 46.9 Å². The zero-order valence-electron chi connectivity index (χ0n) is 10.8. The Morgan fingerprint density at radius 1 is 1.00 bits per heavy atom. The molecule has 104 valence electrons. The Hall–Kier alpha value is -1.44. The van der Waals surface area contributed by atoms with Gasteiger partial charge in [0.05, 0.1) is 3.57 Å². The van der Waals surface area contributed by atoms with Crippen molar-refractivity contribution < 1.29 is 4.39 Å². The average Bonchev–Trinajstić information content (AvgIpc) is 2.49. The minimum atomic E-state index is -0.192. The highest BCUT2D eigenvalue weighted by atomic mass is 127. The van der Waals surface area contributed by atoms with Gasteiger partial charge in [-0.2, -0.15) is 0 Å². The van der Waals surface area contributed by atoms with Crippen molar-refractivity contribution in [1.29, 1.82) is 0 Å². The Kier molecular flexibility index (Phi) is 4.00. The van der Waals surface area contributed by atoms with Gasteiger partial charge < -0.3 is 9.80 Å². The van der Waals surface area contributed by atoms with Crippen LogP contribution < -0.4 is 9.80 Å². The fourth-order valence-electron chi connectivity index (χ4n) is 2.37. The van der Waals surface area contributed by atoms with Crippen LogP contribution in [0.2, 0.25) is 0 Å². The number of nitrogens with zero attached hydrogens (tertiary/aromatic N) is 4. The first kappa shape index (κ1) is 13.5. The van der Waals surface area contributed by atoms with E-state index in [2.05, 4.69) is 42.4 Å². The van der Waals surface area contributed by atoms with Gasteiger partial charge in [0.2, 0.25) is 0 Å². The van der Waals surface area contributed by atoms with Crippen LogP contribution in [0.15, 0.2) is 36.8 Å². The first-order chi connectivity index (χ1) is 9.74. The number of aromatic nitrogens is 2. The molecule has 4 nitrogen and oxygen atoms in total. The number of anilines is 2. The standard InChI is InChI=1S/C14H14FIN4/c15-11-1-3-12(4-2-11)19-5-7-20(8-6-19)14-13(16)9-17-10-18-14/h1-4,9-10H,5-8H2. The molecule has 3 rings (SSSR count). The van der Waals surface area contributed by atoms with Crippen LogP contribution in [0, 0.1) is 9.39 Å². The van der Waals surface area contributed by atoms with Crippen LogP contribution in [-0.4, -0.2) is 36.1 Å². The second kappa shape index (κ2) is 5.90. The molecule has 0 atom stereocenters. The van der Waals surface area contributed by atoms with E-state index >= 15 is 0 Å². The molecule has 1 aromatic carbocycles. The number of piperazine rings is 1. The van der Waals surface area contributed by atoms with E-state index in [1.165, 1.54) is 12.1 Å². The fraction of sp³-hybridized carbons (Fsp3) is 0.286. The summed E-state index contributed by atoms with van der Waals surface area (Å²) in [6, 6.07) is 6.68. The Morgan fingerprint density at radius 2 is 1.65 bits per heavy atom. The monoisotopic (exact) mass is 384 g/mol. The van der Waals surface area contributed by atoms with Crippen molar-refractivity contribution >= 4 is 34.1 Å². The molecule has 2 heterocycles. The average molecular weight is 384 g/mol. The molecule has 2 aromatic rings. The molecule has 1 aliphatic rings. The molecule has 0 unspecified atom stereocenters. The van der Waals surface area contributed by atoms with Gasteiger partial charge in [-0.3, -0.25) is 0 Å². The van der Waals surface area contributed by atoms with Gasteiger partial charge in [-0.25, -0.2) is 14.4 Å². The van der Waals surface area contributed by atoms with Crippen LogP contribution in [0.4, 0.5) is 15.9 Å². The van der Waals surface area contributed by atoms with Crippen LogP contribution in [0.3, 0.4) is 0 Å². The molecule has 0 radical (unpaired) electrons. The van der Waals surface area contributed by atoms with Gasteiger partial charge in [0.1, 0.15) is 18.0 Å². The zero-order valence-corrected chi connectivity index (χ0v) is 13.0. The molecule has 0 bridgehead atoms. The SMILES string of the molecule is Fc1ccc(N2CCN(c3ncncc3I)CC2)cc1. The Balaban J connectivity index is 1.68. The van der Waals surface area contributed by atoms with E-state index in [0.29, 0.717) is 0 Å². The van der Waals surface area contributed by atoms with Crippen molar-refractivity contribution in [1.82, 2.24) is 9.97 Å². The summed E-state index contributed by atoms with van der Waals surface area (Å²) in [7, 11) is 0. The van der Waals surface area contributed by atoms with Gasteiger partial charge in [-0.15, -0.1) is 0 Å². The first-order valence-corrected chi connectivity index (χ1v) is 7.53. The summed E-state index contributed by atoms with van der Waals surface area (Å²) in [6.45, 7) is 3.63. The molecule has 0 aliphatic carbocycles. The normalized spacial score (nSPS) is 15.5. The molecular formula is C14H14FIN4. The largest absolute Gasteiger partial charge is 0.368 e. The molecule has 1 saturated heterocycles. The lowest BCUT2D eigenvalue weighted by Crippen LogP contribution is -2.47. The van der Waals surface area contributed by atoms with Crippen LogP contribution in [0.1, 0.15) is 0 Å². The molecule has 0 N–H and O–H groups in total. The van der Waals surface area contributed by atoms with E-state index in [9.17, 15) is 4.39 Å². The lowest BCUT2D eigenvalue weighted by molar-refractivity contribution is 0.624. The fourth-order valence-corrected chi connectivity index (χ4v) is 3.01. The van der Waals surface area contributed by atoms with Crippen LogP contribution in [-0.2, 0) is 0 Å². The van der Waals surface area contributed by atoms with Gasteiger partial charge in [-0.1, -0.05) is 0 Å². The third kappa shape index (κ3) is 2.84. The maximum atomic E-state index is 12.9. The quantitative estimate of drug-likeness (QED) is 0.746. The van der Waals surface area contributed by atoms with Gasteiger partial charge in [0.15, 0.2) is 0 Å². The summed E-state index contributed by atoms with van der Waals surface area (Å²) < 4.78 is 14.0. The number of hydrogen-bond donors (Lipinski definition) is 0. The molecule has 20 heavy (non-hydrogen) atoms. The molecule has 6 heteroatoms. The lowest BCUT2D eigenvalue weighted by Gasteiger charge is -2.37. The third-order valence-corrected chi connectivity index (χ3v) is 4.18. The maximum absolute atomic E-state index is 12.9. The van der Waals surface area contributed by atoms with Crippen LogP contribution >= 0.6 is 22.6 Å². The van der Waals surface area contributed by atoms with Crippen molar-refractivity contribution in [2.75, 3.05) is 36.0 Å². The third-order valence-electron chi connectivity index (χ3n) is 3.42. The summed E-state index contributed by atoms with van der Waals surface area (Å²) in [6.07, 6.45) is 3.42. The molecule has 1 aliphatic heterocycles. The van der Waals surface area contributed by atoms with Crippen LogP contribution in [0.25, 0.3) is 0 Å². The summed E-state index contributed by atoms with van der Waals surface area (Å²) in [4.78, 5) is 12.9. The number of benzene rings is 1. The predicted octanol–water partition coefficient (Wildman–Crippen LogP) is 2.55. The van der Waals surface area contributed by atoms with Crippen molar-refractivity contribution in [2.45, 2.75) is 0 Å². The molecule has 0 amide bonds. The minimum Gasteiger partial charge on any atom is -0.368 e. The van der Waals surface area contributed by atoms with Gasteiger partial charge in [0, 0.05) is 38.1 Å². The molecular weight excluding hydrogens is 370 g/mol. The Morgan fingerprint density at radius 3 is 2.30 bits per heavy atom. The topological polar surface area (TPSA) is 32.3 Å². The highest BCUT2D eigenvalue weighted by Crippen LogP contribution is 2.22. The van der Waals surface area contributed by atoms with Crippen molar-refractivity contribution in [3.8, 4) is 0 Å². The summed E-state index contributed by atoms with van der Waals surface area (Å²) in [5.41, 5.74) is 1.07. The van der Waals surface area contributed by atoms with Gasteiger partial charge in [0.25, 0.3) is 0 Å². The summed E-state index contributed by atoms with van der Waals surface area (Å²) >= 11 is 2.26. The maximum Gasteiger partial charge on any atom is 0.145 e. The second-order valence-corrected chi connectivity index (χ2v) is 5.81. The van der Waals surface area contributed by atoms with E-state index < -0.39 is 0 Å². The number of rotatable bonds is 2. The van der Waals surface area contributed by atoms with E-state index in [1.54, 1.807) is 6.33 Å². The highest BCUT2D eigenvalue weighted by molar-refractivity contribution is 14.1. The van der Waals surface area contributed by atoms with Gasteiger partial charge >= 0.3 is 0 Å². The highest BCUT2D eigenvalue weighted by Gasteiger charge is 2.19. The van der Waals surface area contributed by atoms with Crippen molar-refractivity contribution in [2.24, 2.45) is 0 Å². The Labute approximate surface area is 130 Å². The van der Waals surface area contributed by atoms with Crippen LogP contribution in [0.5, 0.6) is 0 Å². The first-order valence-electron chi connectivity index (χ1n) is 6.45. The summed E-state index contributed by atoms with van der Waals surface area (Å²) in [5.74, 6) is 0.808. The number of hydrogen-bond acceptors (Lipinski definition) is 4. The Bertz CT molecular complexity index is 582. The zero-order chi connectivity index (χ0) is 13.9. The smallest absolute Gasteiger partial charge is 0.145 e. The molecule has 1 fully saturated rings. The van der Waals surface area contributed by atoms with E-state index in [1.807, 2.05) is 18.3 Å². The summed E-state index contributed by atoms with van der Waals surface area (Å²) in [5, 5.41) is 0. The second-order valence-electron chi connectivity index (χ2n) is 4.64. The molecule has 0 spiro atoms. The lowest BCUT2D eigenvalue weighted by atomic mass is 10.2. The molecule has 1 aromatic heterocycles. The number of halogens is 2. The van der Waals surface area contributed by atoms with E-state index in [4.69, 9.17) is 0 Å². The van der Waals surface area contributed by atoms with E-state index in [0.717, 1.165) is 41.3 Å².